The van der Waals surface area contributed by atoms with E-state index in [1.165, 1.54) is 23.9 Å². The Bertz CT molecular complexity index is 1270. The van der Waals surface area contributed by atoms with Crippen molar-refractivity contribution in [1.82, 2.24) is 9.55 Å². The number of amides is 1. The molecule has 4 N–H and O–H groups in total. The molecule has 0 atom stereocenters. The second-order valence-electron chi connectivity index (χ2n) is 7.51. The molecule has 0 fully saturated rings. The molecule has 0 radical (unpaired) electrons. The van der Waals surface area contributed by atoms with Crippen molar-refractivity contribution >= 4 is 29.5 Å². The van der Waals surface area contributed by atoms with Crippen molar-refractivity contribution in [2.75, 3.05) is 5.32 Å². The van der Waals surface area contributed by atoms with Crippen molar-refractivity contribution in [3.63, 3.8) is 0 Å². The maximum atomic E-state index is 14.5. The normalized spacial score (nSPS) is 10.9. The van der Waals surface area contributed by atoms with Crippen molar-refractivity contribution in [3.8, 4) is 11.5 Å². The highest BCUT2D eigenvalue weighted by Crippen LogP contribution is 2.31. The number of halogens is 1. The minimum absolute atomic E-state index is 0.0308. The Morgan fingerprint density at radius 1 is 1.31 bits per heavy atom. The van der Waals surface area contributed by atoms with Gasteiger partial charge in [0.15, 0.2) is 0 Å². The molecule has 0 saturated carbocycles. The maximum absolute atomic E-state index is 14.5. The lowest BCUT2D eigenvalue weighted by Gasteiger charge is -2.18. The molecule has 10 heteroatoms. The van der Waals surface area contributed by atoms with E-state index in [-0.39, 0.29) is 22.8 Å². The number of rotatable bonds is 7. The third kappa shape index (κ3) is 7.43. The van der Waals surface area contributed by atoms with Gasteiger partial charge >= 0.3 is 0 Å². The molecule has 3 aromatic rings. The number of anilines is 2. The predicted octanol–water partition coefficient (Wildman–Crippen LogP) is 5.54. The maximum Gasteiger partial charge on any atom is 0.256 e. The first kappa shape index (κ1) is 27.6. The third-order valence-corrected chi connectivity index (χ3v) is 5.53. The summed E-state index contributed by atoms with van der Waals surface area (Å²) in [6.07, 6.45) is 3.99. The standard InChI is InChI=1S/C21H21FN4O3.C4H8OS/c1-4-13-6-8-16(15(22)9-13)25-21-19(20(23)28)17(10-18(27)26(21)3)29-14-7-5-12(2)24-11-14;1-3-4(2)6-5/h5-11,25H,4H2,1-3H3,(H2,23,28);3,5H,1-2H3/b;4-3+. The number of nitrogens with two attached hydrogens (primary N) is 1. The summed E-state index contributed by atoms with van der Waals surface area (Å²) in [5, 5.41) is 2.81. The first-order valence-electron chi connectivity index (χ1n) is 10.7. The number of benzene rings is 1. The summed E-state index contributed by atoms with van der Waals surface area (Å²) < 4.78 is 29.5. The number of nitrogens with one attached hydrogen (secondary N) is 1. The van der Waals surface area contributed by atoms with Crippen LogP contribution in [0.25, 0.3) is 0 Å². The molecule has 1 aromatic carbocycles. The van der Waals surface area contributed by atoms with E-state index in [4.69, 9.17) is 15.0 Å². The van der Waals surface area contributed by atoms with Crippen LogP contribution >= 0.6 is 12.0 Å². The van der Waals surface area contributed by atoms with Gasteiger partial charge in [0.25, 0.3) is 11.5 Å². The zero-order valence-corrected chi connectivity index (χ0v) is 21.1. The molecule has 35 heavy (non-hydrogen) atoms. The van der Waals surface area contributed by atoms with Crippen LogP contribution in [-0.2, 0) is 13.5 Å². The van der Waals surface area contributed by atoms with Gasteiger partial charge in [0.05, 0.1) is 11.9 Å². The molecule has 2 heterocycles. The number of aryl methyl sites for hydroxylation is 2. The number of ether oxygens (including phenoxy) is 1. The fourth-order valence-electron chi connectivity index (χ4n) is 2.84. The van der Waals surface area contributed by atoms with Gasteiger partial charge in [-0.1, -0.05) is 19.1 Å². The lowest BCUT2D eigenvalue weighted by atomic mass is 10.1. The Morgan fingerprint density at radius 3 is 2.51 bits per heavy atom. The molecule has 0 saturated heterocycles. The topological polar surface area (TPSA) is 119 Å². The van der Waals surface area contributed by atoms with E-state index in [1.54, 1.807) is 24.3 Å². The van der Waals surface area contributed by atoms with Crippen LogP contribution in [0.2, 0.25) is 0 Å². The second-order valence-corrected chi connectivity index (χ2v) is 8.34. The molecule has 186 valence electrons. The van der Waals surface area contributed by atoms with Gasteiger partial charge < -0.3 is 20.3 Å². The lowest BCUT2D eigenvalue weighted by molar-refractivity contribution is 0.0998. The zero-order chi connectivity index (χ0) is 26.1. The fourth-order valence-corrected chi connectivity index (χ4v) is 2.95. The van der Waals surface area contributed by atoms with Gasteiger partial charge in [0, 0.05) is 35.8 Å². The highest BCUT2D eigenvalue weighted by atomic mass is 32.2. The Hall–Kier alpha value is -3.63. The van der Waals surface area contributed by atoms with Crippen molar-refractivity contribution in [3.05, 3.63) is 86.6 Å². The van der Waals surface area contributed by atoms with Gasteiger partial charge in [-0.05, 0) is 57.0 Å². The molecule has 0 bridgehead atoms. The van der Waals surface area contributed by atoms with E-state index < -0.39 is 17.3 Å². The quantitative estimate of drug-likeness (QED) is 0.364. The van der Waals surface area contributed by atoms with E-state index in [0.717, 1.165) is 34.3 Å². The molecule has 0 aliphatic rings. The lowest BCUT2D eigenvalue weighted by Crippen LogP contribution is -2.25. The summed E-state index contributed by atoms with van der Waals surface area (Å²) in [7, 11) is 1.45. The van der Waals surface area contributed by atoms with Crippen LogP contribution in [0.15, 0.2) is 58.4 Å². The number of carbonyl (C=O) groups excluding carboxylic acids is 1. The Morgan fingerprint density at radius 2 is 2.03 bits per heavy atom. The molecule has 1 amide bonds. The molecule has 8 nitrogen and oxygen atoms in total. The van der Waals surface area contributed by atoms with Gasteiger partial charge in [0.2, 0.25) is 0 Å². The fraction of sp³-hybridized carbons (Fsp3) is 0.240. The molecular weight excluding hydrogens is 471 g/mol. The zero-order valence-electron chi connectivity index (χ0n) is 20.3. The van der Waals surface area contributed by atoms with Crippen molar-refractivity contribution in [2.45, 2.75) is 34.1 Å². The third-order valence-electron chi connectivity index (χ3n) is 5.01. The molecule has 0 spiro atoms. The minimum atomic E-state index is -0.830. The Labute approximate surface area is 207 Å². The van der Waals surface area contributed by atoms with Crippen LogP contribution in [0, 0.1) is 12.7 Å². The van der Waals surface area contributed by atoms with Gasteiger partial charge in [0.1, 0.15) is 28.7 Å². The van der Waals surface area contributed by atoms with E-state index in [0.29, 0.717) is 12.2 Å². The monoisotopic (exact) mass is 500 g/mol. The van der Waals surface area contributed by atoms with Gasteiger partial charge in [-0.3, -0.25) is 19.1 Å². The van der Waals surface area contributed by atoms with E-state index >= 15 is 0 Å². The Kier molecular flexibility index (Phi) is 10.0. The summed E-state index contributed by atoms with van der Waals surface area (Å²) in [4.78, 5) is 29.7. The van der Waals surface area contributed by atoms with E-state index in [2.05, 4.69) is 10.3 Å². The van der Waals surface area contributed by atoms with Gasteiger partial charge in [-0.15, -0.1) is 0 Å². The number of allylic oxidation sites excluding steroid dienone is 2. The average Bonchev–Trinajstić information content (AvgIpc) is 2.84. The average molecular weight is 501 g/mol. The molecule has 3 rings (SSSR count). The van der Waals surface area contributed by atoms with Gasteiger partial charge in [-0.2, -0.15) is 0 Å². The predicted molar refractivity (Wildman–Crippen MR) is 138 cm³/mol. The number of nitrogens with zero attached hydrogens (tertiary/aromatic N) is 2. The number of primary amides is 1. The van der Waals surface area contributed by atoms with Crippen LogP contribution in [0.1, 0.15) is 42.4 Å². The van der Waals surface area contributed by atoms with Crippen molar-refractivity contribution < 1.29 is 18.5 Å². The molecule has 2 aromatic heterocycles. The van der Waals surface area contributed by atoms with Crippen LogP contribution in [0.5, 0.6) is 11.5 Å². The summed E-state index contributed by atoms with van der Waals surface area (Å²) in [5.41, 5.74) is 6.74. The number of carbonyl (C=O) groups is 1. The smallest absolute Gasteiger partial charge is 0.256 e. The first-order chi connectivity index (χ1) is 16.6. The number of aromatic nitrogens is 2. The molecular formula is C25H29FN4O4S. The highest BCUT2D eigenvalue weighted by Gasteiger charge is 2.21. The van der Waals surface area contributed by atoms with Crippen LogP contribution in [0.4, 0.5) is 15.9 Å². The summed E-state index contributed by atoms with van der Waals surface area (Å²) in [6.45, 7) is 7.47. The second kappa shape index (κ2) is 12.7. The number of hydrogen-bond acceptors (Lipinski definition) is 7. The summed E-state index contributed by atoms with van der Waals surface area (Å²) in [6, 6.07) is 9.22. The largest absolute Gasteiger partial charge is 0.455 e. The van der Waals surface area contributed by atoms with Crippen molar-refractivity contribution in [1.29, 1.82) is 0 Å². The number of pyridine rings is 2. The van der Waals surface area contributed by atoms with Crippen molar-refractivity contribution in [2.24, 2.45) is 12.8 Å². The molecule has 0 aliphatic carbocycles. The Balaban J connectivity index is 0.000000641. The first-order valence-corrected chi connectivity index (χ1v) is 11.5. The number of hydrogen-bond donors (Lipinski definition) is 3. The van der Waals surface area contributed by atoms with E-state index in [1.807, 2.05) is 33.8 Å². The van der Waals surface area contributed by atoms with E-state index in [9.17, 15) is 14.0 Å². The van der Waals surface area contributed by atoms with Gasteiger partial charge in [-0.25, -0.2) is 4.39 Å². The van der Waals surface area contributed by atoms with Crippen LogP contribution in [0.3, 0.4) is 0 Å². The van der Waals surface area contributed by atoms with Crippen LogP contribution < -0.4 is 21.3 Å². The summed E-state index contributed by atoms with van der Waals surface area (Å²) in [5.74, 6) is -1.02. The molecule has 0 unspecified atom stereocenters. The highest BCUT2D eigenvalue weighted by molar-refractivity contribution is 7.97. The molecule has 0 aliphatic heterocycles. The van der Waals surface area contributed by atoms with Crippen LogP contribution in [-0.4, -0.2) is 20.0 Å². The minimum Gasteiger partial charge on any atom is -0.455 e. The summed E-state index contributed by atoms with van der Waals surface area (Å²) >= 11 is 0.786. The SMILES string of the molecule is C/C=C(\C)SO.CCc1ccc(Nc2c(C(N)=O)c(Oc3ccc(C)nc3)cc(=O)n2C)c(F)c1.